The molecule has 2 N–H and O–H groups in total. The molecule has 1 heterocycles. The fourth-order valence-corrected chi connectivity index (χ4v) is 2.84. The first-order chi connectivity index (χ1) is 9.76. The highest BCUT2D eigenvalue weighted by molar-refractivity contribution is 4.73. The molecule has 0 spiro atoms. The van der Waals surface area contributed by atoms with Crippen molar-refractivity contribution >= 4 is 0 Å². The third kappa shape index (κ3) is 8.20. The Morgan fingerprint density at radius 3 is 2.00 bits per heavy atom. The Morgan fingerprint density at radius 2 is 1.40 bits per heavy atom. The molecule has 1 saturated heterocycles. The zero-order chi connectivity index (χ0) is 14.6. The van der Waals surface area contributed by atoms with Crippen LogP contribution >= 0.6 is 0 Å². The van der Waals surface area contributed by atoms with Crippen LogP contribution in [-0.4, -0.2) is 72.0 Å². The van der Waals surface area contributed by atoms with Crippen molar-refractivity contribution in [1.29, 1.82) is 0 Å². The first-order valence-electron chi connectivity index (χ1n) is 8.50. The zero-order valence-electron chi connectivity index (χ0n) is 13.3. The van der Waals surface area contributed by atoms with E-state index in [0.717, 1.165) is 26.2 Å². The fraction of sp³-hybridized carbons (Fsp3) is 1.00. The molecule has 0 bridgehead atoms. The molecule has 1 aliphatic heterocycles. The standard InChI is InChI=1S/C16H34N2O2/c1-2-3-4-5-6-7-8-9-17-10-12-18(13-11-17)14-16(20)15-19/h16,19-20H,2-15H2,1H3. The fourth-order valence-electron chi connectivity index (χ4n) is 2.84. The number of unbranched alkanes of at least 4 members (excludes halogenated alkanes) is 6. The number of aliphatic hydroxyl groups excluding tert-OH is 2. The van der Waals surface area contributed by atoms with Crippen molar-refractivity contribution in [1.82, 2.24) is 9.80 Å². The van der Waals surface area contributed by atoms with Crippen molar-refractivity contribution in [3.05, 3.63) is 0 Å². The van der Waals surface area contributed by atoms with Gasteiger partial charge in [0.15, 0.2) is 0 Å². The van der Waals surface area contributed by atoms with E-state index in [9.17, 15) is 5.11 Å². The van der Waals surface area contributed by atoms with Crippen LogP contribution in [0.15, 0.2) is 0 Å². The molecule has 1 unspecified atom stereocenters. The SMILES string of the molecule is CCCCCCCCCN1CCN(CC(O)CO)CC1. The van der Waals surface area contributed by atoms with E-state index in [1.807, 2.05) is 0 Å². The van der Waals surface area contributed by atoms with Gasteiger partial charge in [-0.05, 0) is 13.0 Å². The summed E-state index contributed by atoms with van der Waals surface area (Å²) in [6, 6.07) is 0. The van der Waals surface area contributed by atoms with Gasteiger partial charge in [0.2, 0.25) is 0 Å². The average molecular weight is 286 g/mol. The normalized spacial score (nSPS) is 19.4. The van der Waals surface area contributed by atoms with Crippen LogP contribution in [-0.2, 0) is 0 Å². The summed E-state index contributed by atoms with van der Waals surface area (Å²) in [5.74, 6) is 0. The van der Waals surface area contributed by atoms with Gasteiger partial charge in [-0.15, -0.1) is 0 Å². The molecule has 0 saturated carbocycles. The third-order valence-corrected chi connectivity index (χ3v) is 4.22. The predicted molar refractivity (Wildman–Crippen MR) is 84.0 cm³/mol. The van der Waals surface area contributed by atoms with Gasteiger partial charge in [-0.2, -0.15) is 0 Å². The van der Waals surface area contributed by atoms with Crippen molar-refractivity contribution in [2.75, 3.05) is 45.9 Å². The molecular formula is C16H34N2O2. The summed E-state index contributed by atoms with van der Waals surface area (Å²) in [4.78, 5) is 4.79. The second-order valence-corrected chi connectivity index (χ2v) is 6.10. The molecule has 0 aliphatic carbocycles. The molecule has 1 rings (SSSR count). The number of hydrogen-bond donors (Lipinski definition) is 2. The van der Waals surface area contributed by atoms with E-state index in [1.54, 1.807) is 0 Å². The number of nitrogens with zero attached hydrogens (tertiary/aromatic N) is 2. The molecule has 1 atom stereocenters. The maximum Gasteiger partial charge on any atom is 0.0897 e. The van der Waals surface area contributed by atoms with Crippen LogP contribution in [0.25, 0.3) is 0 Å². The molecule has 1 fully saturated rings. The monoisotopic (exact) mass is 286 g/mol. The van der Waals surface area contributed by atoms with Gasteiger partial charge in [-0.3, -0.25) is 4.90 Å². The lowest BCUT2D eigenvalue weighted by Gasteiger charge is -2.35. The van der Waals surface area contributed by atoms with Crippen LogP contribution < -0.4 is 0 Å². The van der Waals surface area contributed by atoms with Gasteiger partial charge in [-0.25, -0.2) is 0 Å². The van der Waals surface area contributed by atoms with Crippen molar-refractivity contribution in [3.63, 3.8) is 0 Å². The third-order valence-electron chi connectivity index (χ3n) is 4.22. The lowest BCUT2D eigenvalue weighted by molar-refractivity contribution is 0.0393. The van der Waals surface area contributed by atoms with Crippen molar-refractivity contribution in [2.24, 2.45) is 0 Å². The molecular weight excluding hydrogens is 252 g/mol. The van der Waals surface area contributed by atoms with Gasteiger partial charge in [0.05, 0.1) is 12.7 Å². The summed E-state index contributed by atoms with van der Waals surface area (Å²) >= 11 is 0. The Hall–Kier alpha value is -0.160. The Labute approximate surface area is 124 Å². The van der Waals surface area contributed by atoms with E-state index in [-0.39, 0.29) is 6.61 Å². The summed E-state index contributed by atoms with van der Waals surface area (Å²) in [7, 11) is 0. The Bertz CT molecular complexity index is 219. The summed E-state index contributed by atoms with van der Waals surface area (Å²) in [6.45, 7) is 8.23. The van der Waals surface area contributed by atoms with E-state index in [0.29, 0.717) is 6.54 Å². The van der Waals surface area contributed by atoms with E-state index < -0.39 is 6.10 Å². The minimum atomic E-state index is -0.579. The maximum absolute atomic E-state index is 9.43. The minimum Gasteiger partial charge on any atom is -0.394 e. The number of β-amino-alcohol motifs (C(OH)–C–C–N with tert-alkyl or cyclic N) is 1. The van der Waals surface area contributed by atoms with Gasteiger partial charge in [0.1, 0.15) is 0 Å². The predicted octanol–water partition coefficient (Wildman–Crippen LogP) is 1.71. The number of rotatable bonds is 11. The molecule has 4 nitrogen and oxygen atoms in total. The van der Waals surface area contributed by atoms with E-state index >= 15 is 0 Å². The van der Waals surface area contributed by atoms with Gasteiger partial charge in [0.25, 0.3) is 0 Å². The summed E-state index contributed by atoms with van der Waals surface area (Å²) in [5.41, 5.74) is 0. The van der Waals surface area contributed by atoms with Gasteiger partial charge < -0.3 is 15.1 Å². The van der Waals surface area contributed by atoms with Crippen LogP contribution in [0.3, 0.4) is 0 Å². The molecule has 4 heteroatoms. The molecule has 0 aromatic heterocycles. The minimum absolute atomic E-state index is 0.127. The molecule has 20 heavy (non-hydrogen) atoms. The van der Waals surface area contributed by atoms with Crippen molar-refractivity contribution in [3.8, 4) is 0 Å². The lowest BCUT2D eigenvalue weighted by atomic mass is 10.1. The quantitative estimate of drug-likeness (QED) is 0.568. The Morgan fingerprint density at radius 1 is 0.850 bits per heavy atom. The number of piperazine rings is 1. The van der Waals surface area contributed by atoms with Crippen LogP contribution in [0.5, 0.6) is 0 Å². The first-order valence-corrected chi connectivity index (χ1v) is 8.50. The molecule has 0 aromatic carbocycles. The molecule has 120 valence electrons. The van der Waals surface area contributed by atoms with Gasteiger partial charge >= 0.3 is 0 Å². The average Bonchev–Trinajstić information content (AvgIpc) is 2.48. The smallest absolute Gasteiger partial charge is 0.0897 e. The van der Waals surface area contributed by atoms with Gasteiger partial charge in [0, 0.05) is 32.7 Å². The van der Waals surface area contributed by atoms with E-state index in [4.69, 9.17) is 5.11 Å². The molecule has 0 amide bonds. The van der Waals surface area contributed by atoms with Gasteiger partial charge in [-0.1, -0.05) is 45.4 Å². The highest BCUT2D eigenvalue weighted by Crippen LogP contribution is 2.09. The van der Waals surface area contributed by atoms with Crippen LogP contribution in [0, 0.1) is 0 Å². The molecule has 1 aliphatic rings. The topological polar surface area (TPSA) is 46.9 Å². The number of aliphatic hydroxyl groups is 2. The van der Waals surface area contributed by atoms with E-state index in [2.05, 4.69) is 16.7 Å². The number of hydrogen-bond acceptors (Lipinski definition) is 4. The largest absolute Gasteiger partial charge is 0.394 e. The Kier molecular flexibility index (Phi) is 10.3. The van der Waals surface area contributed by atoms with Crippen LogP contribution in [0.1, 0.15) is 51.9 Å². The van der Waals surface area contributed by atoms with Crippen molar-refractivity contribution < 1.29 is 10.2 Å². The highest BCUT2D eigenvalue weighted by Gasteiger charge is 2.18. The summed E-state index contributed by atoms with van der Waals surface area (Å²) in [5, 5.41) is 18.3. The lowest BCUT2D eigenvalue weighted by Crippen LogP contribution is -2.49. The second-order valence-electron chi connectivity index (χ2n) is 6.10. The first kappa shape index (κ1) is 17.9. The summed E-state index contributed by atoms with van der Waals surface area (Å²) in [6.07, 6.45) is 9.03. The van der Waals surface area contributed by atoms with Crippen molar-refractivity contribution in [2.45, 2.75) is 58.0 Å². The van der Waals surface area contributed by atoms with E-state index in [1.165, 1.54) is 51.5 Å². The zero-order valence-corrected chi connectivity index (χ0v) is 13.3. The highest BCUT2D eigenvalue weighted by atomic mass is 16.3. The van der Waals surface area contributed by atoms with Crippen LogP contribution in [0.4, 0.5) is 0 Å². The van der Waals surface area contributed by atoms with Crippen LogP contribution in [0.2, 0.25) is 0 Å². The second kappa shape index (κ2) is 11.5. The Balaban J connectivity index is 1.94. The summed E-state index contributed by atoms with van der Waals surface area (Å²) < 4.78 is 0. The maximum atomic E-state index is 9.43. The molecule has 0 aromatic rings. The molecule has 0 radical (unpaired) electrons.